The summed E-state index contributed by atoms with van der Waals surface area (Å²) in [4.78, 5) is 25.9. The van der Waals surface area contributed by atoms with Crippen LogP contribution in [0.2, 0.25) is 0 Å². The number of hydrogen-bond acceptors (Lipinski definition) is 5. The highest BCUT2D eigenvalue weighted by Gasteiger charge is 2.08. The summed E-state index contributed by atoms with van der Waals surface area (Å²) in [6.07, 6.45) is 2.12. The summed E-state index contributed by atoms with van der Waals surface area (Å²) < 4.78 is 5.62. The summed E-state index contributed by atoms with van der Waals surface area (Å²) in [6.45, 7) is 2.83. The number of rotatable bonds is 10. The van der Waals surface area contributed by atoms with Crippen molar-refractivity contribution in [3.8, 4) is 5.75 Å². The van der Waals surface area contributed by atoms with Gasteiger partial charge in [0.05, 0.1) is 17.2 Å². The van der Waals surface area contributed by atoms with Gasteiger partial charge < -0.3 is 15.4 Å². The van der Waals surface area contributed by atoms with Crippen LogP contribution in [-0.4, -0.2) is 24.2 Å². The van der Waals surface area contributed by atoms with E-state index in [-0.39, 0.29) is 11.8 Å². The predicted molar refractivity (Wildman–Crippen MR) is 125 cm³/mol. The third-order valence-corrected chi connectivity index (χ3v) is 6.01. The van der Waals surface area contributed by atoms with E-state index in [0.717, 1.165) is 34.9 Å². The van der Waals surface area contributed by atoms with Crippen LogP contribution in [0.25, 0.3) is 0 Å². The fourth-order valence-electron chi connectivity index (χ4n) is 2.55. The van der Waals surface area contributed by atoms with E-state index in [4.69, 9.17) is 4.74 Å². The van der Waals surface area contributed by atoms with Crippen LogP contribution in [0.5, 0.6) is 5.75 Å². The molecule has 2 aromatic carbocycles. The van der Waals surface area contributed by atoms with E-state index in [1.54, 1.807) is 6.07 Å². The normalized spacial score (nSPS) is 10.4. The highest BCUT2D eigenvalue weighted by atomic mass is 32.2. The van der Waals surface area contributed by atoms with Gasteiger partial charge in [0, 0.05) is 16.3 Å². The number of unbranched alkanes of at least 4 members (excludes halogenated alkanes) is 1. The maximum atomic E-state index is 12.2. The van der Waals surface area contributed by atoms with Gasteiger partial charge in [-0.3, -0.25) is 9.59 Å². The summed E-state index contributed by atoms with van der Waals surface area (Å²) in [5.74, 6) is 0.915. The summed E-state index contributed by atoms with van der Waals surface area (Å²) in [5, 5.41) is 7.62. The Kier molecular flexibility index (Phi) is 8.35. The molecule has 7 heteroatoms. The third kappa shape index (κ3) is 6.93. The van der Waals surface area contributed by atoms with Crippen molar-refractivity contribution in [1.29, 1.82) is 0 Å². The van der Waals surface area contributed by atoms with Crippen LogP contribution >= 0.6 is 23.1 Å². The first-order chi connectivity index (χ1) is 14.6. The van der Waals surface area contributed by atoms with Crippen LogP contribution in [-0.2, 0) is 4.79 Å². The van der Waals surface area contributed by atoms with Crippen molar-refractivity contribution in [2.45, 2.75) is 24.7 Å². The molecule has 5 nitrogen and oxygen atoms in total. The number of thiophene rings is 1. The van der Waals surface area contributed by atoms with E-state index in [1.807, 2.05) is 60.0 Å². The monoisotopic (exact) mass is 440 g/mol. The first-order valence-corrected chi connectivity index (χ1v) is 11.6. The zero-order valence-corrected chi connectivity index (χ0v) is 18.4. The van der Waals surface area contributed by atoms with Crippen molar-refractivity contribution < 1.29 is 14.3 Å². The van der Waals surface area contributed by atoms with Crippen molar-refractivity contribution in [1.82, 2.24) is 0 Å². The minimum atomic E-state index is -0.119. The zero-order chi connectivity index (χ0) is 21.2. The van der Waals surface area contributed by atoms with Crippen molar-refractivity contribution in [2.75, 3.05) is 23.0 Å². The van der Waals surface area contributed by atoms with Gasteiger partial charge >= 0.3 is 0 Å². The Balaban J connectivity index is 1.42. The fraction of sp³-hybridized carbons (Fsp3) is 0.217. The van der Waals surface area contributed by atoms with Gasteiger partial charge in [0.15, 0.2) is 0 Å². The molecule has 0 aliphatic heterocycles. The van der Waals surface area contributed by atoms with Gasteiger partial charge in [0.25, 0.3) is 5.91 Å². The van der Waals surface area contributed by atoms with Crippen LogP contribution in [0, 0.1) is 0 Å². The van der Waals surface area contributed by atoms with Crippen LogP contribution in [0.15, 0.2) is 70.9 Å². The standard InChI is InChI=1S/C23H24N2O3S2/c1-2-3-14-28-19-10-6-17(7-11-19)24-22(26)16-30-20-12-8-18(9-13-20)25-23(27)21-5-4-15-29-21/h4-13,15H,2-3,14,16H2,1H3,(H,24,26)(H,25,27). The van der Waals surface area contributed by atoms with Crippen molar-refractivity contribution >= 4 is 46.3 Å². The van der Waals surface area contributed by atoms with Crippen molar-refractivity contribution in [3.63, 3.8) is 0 Å². The molecule has 2 N–H and O–H groups in total. The summed E-state index contributed by atoms with van der Waals surface area (Å²) >= 11 is 2.85. The maximum absolute atomic E-state index is 12.2. The van der Waals surface area contributed by atoms with E-state index >= 15 is 0 Å². The number of nitrogens with one attached hydrogen (secondary N) is 2. The van der Waals surface area contributed by atoms with Crippen LogP contribution in [0.1, 0.15) is 29.4 Å². The van der Waals surface area contributed by atoms with Gasteiger partial charge in [0.2, 0.25) is 5.91 Å². The molecule has 0 atom stereocenters. The lowest BCUT2D eigenvalue weighted by atomic mass is 10.3. The highest BCUT2D eigenvalue weighted by Crippen LogP contribution is 2.22. The van der Waals surface area contributed by atoms with Crippen LogP contribution < -0.4 is 15.4 Å². The fourth-order valence-corrected chi connectivity index (χ4v) is 3.87. The van der Waals surface area contributed by atoms with Gasteiger partial charge in [0.1, 0.15) is 5.75 Å². The molecule has 0 saturated heterocycles. The Hall–Kier alpha value is -2.77. The largest absolute Gasteiger partial charge is 0.494 e. The van der Waals surface area contributed by atoms with Gasteiger partial charge in [-0.05, 0) is 66.4 Å². The summed E-state index contributed by atoms with van der Waals surface area (Å²) in [6, 6.07) is 18.5. The van der Waals surface area contributed by atoms with E-state index in [2.05, 4.69) is 17.6 Å². The molecular weight excluding hydrogens is 416 g/mol. The van der Waals surface area contributed by atoms with E-state index in [9.17, 15) is 9.59 Å². The van der Waals surface area contributed by atoms with Gasteiger partial charge in [-0.1, -0.05) is 19.4 Å². The number of carbonyl (C=O) groups is 2. The van der Waals surface area contributed by atoms with Gasteiger partial charge in [-0.15, -0.1) is 23.1 Å². The first-order valence-electron chi connectivity index (χ1n) is 9.74. The molecule has 2 amide bonds. The van der Waals surface area contributed by atoms with E-state index in [1.165, 1.54) is 23.1 Å². The Bertz CT molecular complexity index is 940. The number of ether oxygens (including phenoxy) is 1. The predicted octanol–water partition coefficient (Wildman–Crippen LogP) is 5.91. The molecule has 0 unspecified atom stereocenters. The second-order valence-electron chi connectivity index (χ2n) is 6.52. The van der Waals surface area contributed by atoms with Gasteiger partial charge in [-0.2, -0.15) is 0 Å². The molecule has 0 radical (unpaired) electrons. The van der Waals surface area contributed by atoms with E-state index in [0.29, 0.717) is 17.2 Å². The molecule has 0 saturated carbocycles. The average Bonchev–Trinajstić information content (AvgIpc) is 3.30. The quantitative estimate of drug-likeness (QED) is 0.304. The summed E-state index contributed by atoms with van der Waals surface area (Å²) in [7, 11) is 0. The molecule has 1 aromatic heterocycles. The molecule has 0 bridgehead atoms. The maximum Gasteiger partial charge on any atom is 0.265 e. The molecule has 30 heavy (non-hydrogen) atoms. The lowest BCUT2D eigenvalue weighted by Crippen LogP contribution is -2.14. The number of thioether (sulfide) groups is 1. The molecule has 0 aliphatic rings. The Morgan fingerprint density at radius 1 is 0.967 bits per heavy atom. The number of amides is 2. The highest BCUT2D eigenvalue weighted by molar-refractivity contribution is 8.00. The molecule has 0 fully saturated rings. The Morgan fingerprint density at radius 2 is 1.67 bits per heavy atom. The van der Waals surface area contributed by atoms with Crippen LogP contribution in [0.4, 0.5) is 11.4 Å². The lowest BCUT2D eigenvalue weighted by molar-refractivity contribution is -0.113. The first kappa shape index (κ1) is 21.9. The number of anilines is 2. The smallest absolute Gasteiger partial charge is 0.265 e. The molecule has 3 rings (SSSR count). The second kappa shape index (κ2) is 11.4. The topological polar surface area (TPSA) is 67.4 Å². The van der Waals surface area contributed by atoms with Crippen LogP contribution in [0.3, 0.4) is 0 Å². The molecule has 1 heterocycles. The van der Waals surface area contributed by atoms with Gasteiger partial charge in [-0.25, -0.2) is 0 Å². The van der Waals surface area contributed by atoms with E-state index < -0.39 is 0 Å². The van der Waals surface area contributed by atoms with Crippen molar-refractivity contribution in [3.05, 3.63) is 70.9 Å². The average molecular weight is 441 g/mol. The molecule has 3 aromatic rings. The number of hydrogen-bond donors (Lipinski definition) is 2. The minimum Gasteiger partial charge on any atom is -0.494 e. The lowest BCUT2D eigenvalue weighted by Gasteiger charge is -2.08. The molecular formula is C23H24N2O3S2. The molecule has 0 spiro atoms. The second-order valence-corrected chi connectivity index (χ2v) is 8.52. The summed E-state index contributed by atoms with van der Waals surface area (Å²) in [5.41, 5.74) is 1.47. The number of benzene rings is 2. The van der Waals surface area contributed by atoms with Crippen molar-refractivity contribution in [2.24, 2.45) is 0 Å². The Morgan fingerprint density at radius 3 is 2.33 bits per heavy atom. The SMILES string of the molecule is CCCCOc1ccc(NC(=O)CSc2ccc(NC(=O)c3cccs3)cc2)cc1. The minimum absolute atomic E-state index is 0.0743. The third-order valence-electron chi connectivity index (χ3n) is 4.13. The molecule has 156 valence electrons. The number of carbonyl (C=O) groups excluding carboxylic acids is 2. The molecule has 0 aliphatic carbocycles. The zero-order valence-electron chi connectivity index (χ0n) is 16.7. The Labute approximate surface area is 184 Å².